The maximum Gasteiger partial charge on any atom is 0.335 e. The summed E-state index contributed by atoms with van der Waals surface area (Å²) in [4.78, 5) is 14.8. The van der Waals surface area contributed by atoms with Crippen LogP contribution in [0.15, 0.2) is 24.5 Å². The molecule has 0 aliphatic rings. The molecule has 0 unspecified atom stereocenters. The van der Waals surface area contributed by atoms with Gasteiger partial charge < -0.3 is 9.84 Å². The topological polar surface area (TPSA) is 77.2 Å². The third kappa shape index (κ3) is 3.06. The van der Waals surface area contributed by atoms with Gasteiger partial charge in [-0.15, -0.1) is 0 Å². The van der Waals surface area contributed by atoms with E-state index < -0.39 is 11.8 Å². The molecule has 0 aliphatic heterocycles. The van der Waals surface area contributed by atoms with E-state index in [2.05, 4.69) is 10.1 Å². The van der Waals surface area contributed by atoms with E-state index in [1.54, 1.807) is 4.68 Å². The summed E-state index contributed by atoms with van der Waals surface area (Å²) in [6.07, 6.45) is 1.40. The molecular formula is C12H12FN3O3. The zero-order valence-corrected chi connectivity index (χ0v) is 10.2. The van der Waals surface area contributed by atoms with Crippen molar-refractivity contribution in [2.75, 3.05) is 0 Å². The maximum absolute atomic E-state index is 13.2. The minimum absolute atomic E-state index is 0.0936. The first-order valence-electron chi connectivity index (χ1n) is 5.63. The van der Waals surface area contributed by atoms with Crippen molar-refractivity contribution in [1.29, 1.82) is 0 Å². The van der Waals surface area contributed by atoms with Gasteiger partial charge in [0.15, 0.2) is 5.82 Å². The Labute approximate surface area is 108 Å². The monoisotopic (exact) mass is 265 g/mol. The molecule has 1 heterocycles. The molecule has 0 spiro atoms. The summed E-state index contributed by atoms with van der Waals surface area (Å²) in [7, 11) is 0. The average Bonchev–Trinajstić information content (AvgIpc) is 2.83. The lowest BCUT2D eigenvalue weighted by molar-refractivity contribution is 0.0695. The normalized spacial score (nSPS) is 10.4. The zero-order valence-electron chi connectivity index (χ0n) is 10.2. The summed E-state index contributed by atoms with van der Waals surface area (Å²) in [5.41, 5.74) is -0.160. The van der Waals surface area contributed by atoms with Crippen molar-refractivity contribution in [2.24, 2.45) is 0 Å². The zero-order chi connectivity index (χ0) is 13.8. The highest BCUT2D eigenvalue weighted by atomic mass is 19.1. The van der Waals surface area contributed by atoms with Crippen LogP contribution in [-0.4, -0.2) is 25.8 Å². The number of hydrogen-bond donors (Lipinski definition) is 1. The molecule has 0 fully saturated rings. The Balaban J connectivity index is 2.13. The third-order valence-corrected chi connectivity index (χ3v) is 2.48. The van der Waals surface area contributed by atoms with Gasteiger partial charge >= 0.3 is 5.97 Å². The van der Waals surface area contributed by atoms with Gasteiger partial charge in [0.1, 0.15) is 24.5 Å². The molecule has 1 aromatic heterocycles. The lowest BCUT2D eigenvalue weighted by atomic mass is 10.2. The Morgan fingerprint density at radius 2 is 2.26 bits per heavy atom. The molecule has 0 aliphatic carbocycles. The van der Waals surface area contributed by atoms with Crippen molar-refractivity contribution in [2.45, 2.75) is 20.1 Å². The van der Waals surface area contributed by atoms with Crippen LogP contribution >= 0.6 is 0 Å². The molecule has 0 atom stereocenters. The van der Waals surface area contributed by atoms with Gasteiger partial charge in [0.25, 0.3) is 0 Å². The summed E-state index contributed by atoms with van der Waals surface area (Å²) in [5.74, 6) is -1.14. The van der Waals surface area contributed by atoms with Gasteiger partial charge in [0, 0.05) is 12.6 Å². The Morgan fingerprint density at radius 1 is 1.47 bits per heavy atom. The van der Waals surface area contributed by atoms with Gasteiger partial charge in [0.2, 0.25) is 0 Å². The number of aryl methyl sites for hydroxylation is 1. The number of rotatable bonds is 5. The van der Waals surface area contributed by atoms with Gasteiger partial charge in [-0.25, -0.2) is 18.9 Å². The number of carbonyl (C=O) groups is 1. The van der Waals surface area contributed by atoms with E-state index in [0.717, 1.165) is 12.1 Å². The quantitative estimate of drug-likeness (QED) is 0.890. The number of hydrogen-bond acceptors (Lipinski definition) is 4. The number of ether oxygens (including phenoxy) is 1. The molecule has 0 radical (unpaired) electrons. The summed E-state index contributed by atoms with van der Waals surface area (Å²) >= 11 is 0. The molecule has 6 nitrogen and oxygen atoms in total. The Morgan fingerprint density at radius 3 is 2.95 bits per heavy atom. The molecule has 0 amide bonds. The number of carboxylic acid groups (broad SMARTS) is 1. The van der Waals surface area contributed by atoms with Crippen molar-refractivity contribution in [3.8, 4) is 5.75 Å². The first-order valence-corrected chi connectivity index (χ1v) is 5.63. The molecule has 19 heavy (non-hydrogen) atoms. The van der Waals surface area contributed by atoms with Gasteiger partial charge in [-0.2, -0.15) is 5.10 Å². The van der Waals surface area contributed by atoms with Gasteiger partial charge in [0.05, 0.1) is 5.56 Å². The number of aromatic carboxylic acids is 1. The Kier molecular flexibility index (Phi) is 3.74. The molecule has 2 aromatic rings. The minimum Gasteiger partial charge on any atom is -0.485 e. The van der Waals surface area contributed by atoms with Gasteiger partial charge in [-0.05, 0) is 19.1 Å². The van der Waals surface area contributed by atoms with Crippen molar-refractivity contribution >= 4 is 5.97 Å². The second-order valence-electron chi connectivity index (χ2n) is 3.76. The summed E-state index contributed by atoms with van der Waals surface area (Å²) in [6, 6.07) is 3.32. The fourth-order valence-electron chi connectivity index (χ4n) is 1.58. The molecule has 1 aromatic carbocycles. The minimum atomic E-state index is -1.21. The van der Waals surface area contributed by atoms with Crippen LogP contribution in [0.5, 0.6) is 5.75 Å². The Hall–Kier alpha value is -2.44. The van der Waals surface area contributed by atoms with Crippen molar-refractivity contribution in [3.63, 3.8) is 0 Å². The van der Waals surface area contributed by atoms with Crippen molar-refractivity contribution in [3.05, 3.63) is 41.7 Å². The SMILES string of the molecule is CCn1ncnc1COc1cc(F)cc(C(=O)O)c1. The number of benzene rings is 1. The number of carboxylic acids is 1. The highest BCUT2D eigenvalue weighted by Gasteiger charge is 2.09. The predicted octanol–water partition coefficient (Wildman–Crippen LogP) is 1.71. The fraction of sp³-hybridized carbons (Fsp3) is 0.250. The van der Waals surface area contributed by atoms with E-state index in [1.165, 1.54) is 12.4 Å². The van der Waals surface area contributed by atoms with Gasteiger partial charge in [-0.3, -0.25) is 0 Å². The first-order chi connectivity index (χ1) is 9.10. The molecule has 0 saturated heterocycles. The van der Waals surface area contributed by atoms with Crippen LogP contribution in [0.2, 0.25) is 0 Å². The molecular weight excluding hydrogens is 253 g/mol. The van der Waals surface area contributed by atoms with Gasteiger partial charge in [-0.1, -0.05) is 0 Å². The summed E-state index contributed by atoms with van der Waals surface area (Å²) < 4.78 is 20.2. The Bertz CT molecular complexity index is 598. The van der Waals surface area contributed by atoms with Crippen molar-refractivity contribution < 1.29 is 19.0 Å². The molecule has 7 heteroatoms. The maximum atomic E-state index is 13.2. The van der Waals surface area contributed by atoms with Crippen LogP contribution < -0.4 is 4.74 Å². The lowest BCUT2D eigenvalue weighted by Crippen LogP contribution is -2.08. The lowest BCUT2D eigenvalue weighted by Gasteiger charge is -2.07. The predicted molar refractivity (Wildman–Crippen MR) is 63.4 cm³/mol. The third-order valence-electron chi connectivity index (χ3n) is 2.48. The number of aromatic nitrogens is 3. The molecule has 0 bridgehead atoms. The molecule has 2 rings (SSSR count). The molecule has 0 saturated carbocycles. The fourth-order valence-corrected chi connectivity index (χ4v) is 1.58. The molecule has 100 valence electrons. The van der Waals surface area contributed by atoms with Crippen LogP contribution in [0, 0.1) is 5.82 Å². The first kappa shape index (κ1) is 13.0. The number of nitrogens with zero attached hydrogens (tertiary/aromatic N) is 3. The van der Waals surface area contributed by atoms with Crippen LogP contribution in [0.25, 0.3) is 0 Å². The standard InChI is InChI=1S/C12H12FN3O3/c1-2-16-11(14-7-15-16)6-19-10-4-8(12(17)18)3-9(13)5-10/h3-5,7H,2,6H2,1H3,(H,17,18). The van der Waals surface area contributed by atoms with E-state index in [9.17, 15) is 9.18 Å². The van der Waals surface area contributed by atoms with E-state index in [4.69, 9.17) is 9.84 Å². The highest BCUT2D eigenvalue weighted by molar-refractivity contribution is 5.88. The smallest absolute Gasteiger partial charge is 0.335 e. The summed E-state index contributed by atoms with van der Waals surface area (Å²) in [5, 5.41) is 12.8. The van der Waals surface area contributed by atoms with Crippen LogP contribution in [-0.2, 0) is 13.2 Å². The van der Waals surface area contributed by atoms with E-state index >= 15 is 0 Å². The van der Waals surface area contributed by atoms with E-state index in [0.29, 0.717) is 12.4 Å². The average molecular weight is 265 g/mol. The summed E-state index contributed by atoms with van der Waals surface area (Å²) in [6.45, 7) is 2.64. The molecule has 1 N–H and O–H groups in total. The van der Waals surface area contributed by atoms with E-state index in [-0.39, 0.29) is 17.9 Å². The van der Waals surface area contributed by atoms with Crippen LogP contribution in [0.3, 0.4) is 0 Å². The largest absolute Gasteiger partial charge is 0.485 e. The van der Waals surface area contributed by atoms with Crippen molar-refractivity contribution in [1.82, 2.24) is 14.8 Å². The van der Waals surface area contributed by atoms with E-state index in [1.807, 2.05) is 6.92 Å². The number of halogens is 1. The highest BCUT2D eigenvalue weighted by Crippen LogP contribution is 2.17. The van der Waals surface area contributed by atoms with Crippen LogP contribution in [0.1, 0.15) is 23.1 Å². The second-order valence-corrected chi connectivity index (χ2v) is 3.76. The second kappa shape index (κ2) is 5.47. The van der Waals surface area contributed by atoms with Crippen LogP contribution in [0.4, 0.5) is 4.39 Å².